The highest BCUT2D eigenvalue weighted by molar-refractivity contribution is 5.81. The van der Waals surface area contributed by atoms with Crippen molar-refractivity contribution in [3.05, 3.63) is 0 Å². The van der Waals surface area contributed by atoms with E-state index >= 15 is 0 Å². The minimum Gasteiger partial charge on any atom is -0.367 e. The molecule has 1 N–H and O–H groups in total. The highest BCUT2D eigenvalue weighted by atomic mass is 19.4. The van der Waals surface area contributed by atoms with Gasteiger partial charge in [0.1, 0.15) is 6.61 Å². The normalized spacial score (nSPS) is 10.6. The van der Waals surface area contributed by atoms with Crippen molar-refractivity contribution in [1.29, 1.82) is 0 Å². The molecule has 0 aliphatic heterocycles. The molecule has 0 aromatic carbocycles. The highest BCUT2D eigenvalue weighted by Gasteiger charge is 2.38. The first-order chi connectivity index (χ1) is 5.98. The van der Waals surface area contributed by atoms with Gasteiger partial charge in [-0.2, -0.15) is 13.2 Å². The Morgan fingerprint density at radius 1 is 1.54 bits per heavy atom. The second-order valence-corrected chi connectivity index (χ2v) is 2.01. The van der Waals surface area contributed by atoms with Crippen LogP contribution in [0.5, 0.6) is 0 Å². The average molecular weight is 195 g/mol. The van der Waals surface area contributed by atoms with Crippen molar-refractivity contribution >= 4 is 5.91 Å². The van der Waals surface area contributed by atoms with E-state index in [9.17, 15) is 18.0 Å². The van der Waals surface area contributed by atoms with Gasteiger partial charge in [-0.15, -0.1) is 6.42 Å². The first kappa shape index (κ1) is 11.8. The van der Waals surface area contributed by atoms with Crippen LogP contribution in [0.25, 0.3) is 0 Å². The number of rotatable bonds is 4. The summed E-state index contributed by atoms with van der Waals surface area (Å²) in [6.07, 6.45) is -0.0437. The molecular formula is C7H8F3NO2. The molecule has 0 bridgehead atoms. The van der Waals surface area contributed by atoms with E-state index in [0.717, 1.165) is 0 Å². The largest absolute Gasteiger partial charge is 0.471 e. The lowest BCUT2D eigenvalue weighted by Gasteiger charge is -2.06. The number of hydrogen-bond acceptors (Lipinski definition) is 2. The number of amides is 1. The molecule has 0 aliphatic carbocycles. The lowest BCUT2D eigenvalue weighted by atomic mass is 10.5. The third kappa shape index (κ3) is 5.99. The fraction of sp³-hybridized carbons (Fsp3) is 0.571. The number of nitrogens with one attached hydrogen (secondary N) is 1. The number of alkyl halides is 3. The molecule has 0 fully saturated rings. The van der Waals surface area contributed by atoms with E-state index in [0.29, 0.717) is 0 Å². The Bertz CT molecular complexity index is 207. The van der Waals surface area contributed by atoms with Crippen molar-refractivity contribution in [2.45, 2.75) is 6.18 Å². The van der Waals surface area contributed by atoms with Crippen LogP contribution in [0.15, 0.2) is 0 Å². The van der Waals surface area contributed by atoms with Gasteiger partial charge in [0.05, 0.1) is 6.61 Å². The fourth-order valence-electron chi connectivity index (χ4n) is 0.468. The second-order valence-electron chi connectivity index (χ2n) is 2.01. The van der Waals surface area contributed by atoms with Gasteiger partial charge < -0.3 is 10.1 Å². The fourth-order valence-corrected chi connectivity index (χ4v) is 0.468. The summed E-state index contributed by atoms with van der Waals surface area (Å²) < 4.78 is 39.2. The average Bonchev–Trinajstić information content (AvgIpc) is 2.02. The van der Waals surface area contributed by atoms with Crippen molar-refractivity contribution in [2.75, 3.05) is 19.8 Å². The third-order valence-electron chi connectivity index (χ3n) is 0.975. The summed E-state index contributed by atoms with van der Waals surface area (Å²) in [5.41, 5.74) is 0. The smallest absolute Gasteiger partial charge is 0.367 e. The van der Waals surface area contributed by atoms with Crippen molar-refractivity contribution in [1.82, 2.24) is 5.32 Å². The molecule has 0 aliphatic rings. The van der Waals surface area contributed by atoms with Gasteiger partial charge in [0, 0.05) is 6.54 Å². The number of hydrogen-bond donors (Lipinski definition) is 1. The molecule has 0 aromatic heterocycles. The Morgan fingerprint density at radius 3 is 2.62 bits per heavy atom. The van der Waals surface area contributed by atoms with Gasteiger partial charge in [-0.1, -0.05) is 5.92 Å². The summed E-state index contributed by atoms with van der Waals surface area (Å²) in [6, 6.07) is 0. The number of ether oxygens (including phenoxy) is 1. The molecule has 3 nitrogen and oxygen atoms in total. The maximum Gasteiger partial charge on any atom is 0.471 e. The molecule has 0 saturated carbocycles. The van der Waals surface area contributed by atoms with Crippen molar-refractivity contribution < 1.29 is 22.7 Å². The van der Waals surface area contributed by atoms with Crippen molar-refractivity contribution in [2.24, 2.45) is 0 Å². The van der Waals surface area contributed by atoms with Crippen LogP contribution >= 0.6 is 0 Å². The van der Waals surface area contributed by atoms with E-state index in [1.54, 1.807) is 5.32 Å². The van der Waals surface area contributed by atoms with Crippen LogP contribution in [0.2, 0.25) is 0 Å². The summed E-state index contributed by atoms with van der Waals surface area (Å²) >= 11 is 0. The summed E-state index contributed by atoms with van der Waals surface area (Å²) in [5.74, 6) is 0.154. The Hall–Kier alpha value is -1.22. The molecular weight excluding hydrogens is 187 g/mol. The summed E-state index contributed by atoms with van der Waals surface area (Å²) in [7, 11) is 0. The van der Waals surface area contributed by atoms with E-state index < -0.39 is 12.1 Å². The van der Waals surface area contributed by atoms with E-state index in [-0.39, 0.29) is 19.8 Å². The Balaban J connectivity index is 3.45. The molecule has 13 heavy (non-hydrogen) atoms. The Labute approximate surface area is 73.2 Å². The summed E-state index contributed by atoms with van der Waals surface area (Å²) in [5, 5.41) is 1.62. The van der Waals surface area contributed by atoms with E-state index in [1.165, 1.54) is 0 Å². The van der Waals surface area contributed by atoms with Crippen LogP contribution in [0.4, 0.5) is 13.2 Å². The summed E-state index contributed by atoms with van der Waals surface area (Å²) in [4.78, 5) is 10.2. The third-order valence-corrected chi connectivity index (χ3v) is 0.975. The number of carbonyl (C=O) groups excluding carboxylic acids is 1. The lowest BCUT2D eigenvalue weighted by molar-refractivity contribution is -0.173. The van der Waals surface area contributed by atoms with Gasteiger partial charge in [-0.05, 0) is 0 Å². The topological polar surface area (TPSA) is 38.3 Å². The standard InChI is InChI=1S/C7H8F3NO2/c1-2-4-13-5-3-11-6(12)7(8,9)10/h1H,3-5H2,(H,11,12). The minimum atomic E-state index is -4.84. The monoisotopic (exact) mass is 195 g/mol. The van der Waals surface area contributed by atoms with E-state index in [2.05, 4.69) is 10.7 Å². The predicted molar refractivity (Wildman–Crippen MR) is 38.7 cm³/mol. The van der Waals surface area contributed by atoms with Crippen LogP contribution < -0.4 is 5.32 Å². The van der Waals surface area contributed by atoms with Crippen molar-refractivity contribution in [3.8, 4) is 12.3 Å². The molecule has 0 heterocycles. The molecule has 0 spiro atoms. The SMILES string of the molecule is C#CCOCCNC(=O)C(F)(F)F. The molecule has 74 valence electrons. The minimum absolute atomic E-state index is 0.0158. The molecule has 0 aromatic rings. The zero-order valence-electron chi connectivity index (χ0n) is 6.65. The van der Waals surface area contributed by atoms with E-state index in [1.807, 2.05) is 0 Å². The van der Waals surface area contributed by atoms with Crippen LogP contribution in [-0.2, 0) is 9.53 Å². The van der Waals surface area contributed by atoms with Gasteiger partial charge >= 0.3 is 12.1 Å². The van der Waals surface area contributed by atoms with Crippen molar-refractivity contribution in [3.63, 3.8) is 0 Å². The van der Waals surface area contributed by atoms with Crippen LogP contribution in [0.1, 0.15) is 0 Å². The number of terminal acetylenes is 1. The molecule has 0 atom stereocenters. The molecule has 0 unspecified atom stereocenters. The maximum atomic E-state index is 11.5. The zero-order chi connectivity index (χ0) is 10.3. The van der Waals surface area contributed by atoms with Crippen LogP contribution in [0.3, 0.4) is 0 Å². The van der Waals surface area contributed by atoms with Crippen LogP contribution in [0, 0.1) is 12.3 Å². The second kappa shape index (κ2) is 5.43. The van der Waals surface area contributed by atoms with Gasteiger partial charge in [0.2, 0.25) is 0 Å². The van der Waals surface area contributed by atoms with Gasteiger partial charge in [-0.25, -0.2) is 0 Å². The first-order valence-corrected chi connectivity index (χ1v) is 3.34. The van der Waals surface area contributed by atoms with Gasteiger partial charge in [0.15, 0.2) is 0 Å². The molecule has 0 rings (SSSR count). The van der Waals surface area contributed by atoms with Crippen LogP contribution in [-0.4, -0.2) is 31.8 Å². The zero-order valence-corrected chi connectivity index (χ0v) is 6.65. The van der Waals surface area contributed by atoms with E-state index in [4.69, 9.17) is 6.42 Å². The first-order valence-electron chi connectivity index (χ1n) is 3.34. The lowest BCUT2D eigenvalue weighted by Crippen LogP contribution is -2.38. The maximum absolute atomic E-state index is 11.5. The molecule has 0 saturated heterocycles. The molecule has 0 radical (unpaired) electrons. The Kier molecular flexibility index (Phi) is 4.92. The predicted octanol–water partition coefficient (Wildman–Crippen LogP) is 0.315. The number of carbonyl (C=O) groups is 1. The molecule has 1 amide bonds. The summed E-state index contributed by atoms with van der Waals surface area (Å²) in [6.45, 7) is -0.228. The molecule has 6 heteroatoms. The Morgan fingerprint density at radius 2 is 2.15 bits per heavy atom. The highest BCUT2D eigenvalue weighted by Crippen LogP contribution is 2.13. The number of halogens is 3. The van der Waals surface area contributed by atoms with Gasteiger partial charge in [0.25, 0.3) is 0 Å². The quantitative estimate of drug-likeness (QED) is 0.518. The van der Waals surface area contributed by atoms with Gasteiger partial charge in [-0.3, -0.25) is 4.79 Å².